The lowest BCUT2D eigenvalue weighted by molar-refractivity contribution is 0.239. The molecule has 0 spiro atoms. The maximum absolute atomic E-state index is 12.2. The predicted molar refractivity (Wildman–Crippen MR) is 103 cm³/mol. The van der Waals surface area contributed by atoms with Crippen LogP contribution in [0.15, 0.2) is 27.6 Å². The molecule has 134 valence electrons. The highest BCUT2D eigenvalue weighted by atomic mass is 79.9. The van der Waals surface area contributed by atoms with Crippen molar-refractivity contribution in [2.75, 3.05) is 39.3 Å². The lowest BCUT2D eigenvalue weighted by atomic mass is 10.3. The average Bonchev–Trinajstić information content (AvgIpc) is 2.47. The van der Waals surface area contributed by atoms with Crippen molar-refractivity contribution in [3.05, 3.63) is 27.7 Å². The third-order valence-electron chi connectivity index (χ3n) is 3.36. The van der Waals surface area contributed by atoms with Gasteiger partial charge in [-0.2, -0.15) is 0 Å². The summed E-state index contributed by atoms with van der Waals surface area (Å²) < 4.78 is 27.5. The number of nitrogens with zero attached hydrogens (tertiary/aromatic N) is 1. The fraction of sp³-hybridized carbons (Fsp3) is 0.538. The first-order chi connectivity index (χ1) is 10.0. The SMILES string of the molecule is Cl.Cl.O=S(=O)(NCCCN1CCNCC1)c1cccc(Cl)c1Br. The van der Waals surface area contributed by atoms with Gasteiger partial charge in [-0.3, -0.25) is 0 Å². The highest BCUT2D eigenvalue weighted by Crippen LogP contribution is 2.29. The highest BCUT2D eigenvalue weighted by molar-refractivity contribution is 9.10. The topological polar surface area (TPSA) is 61.4 Å². The second kappa shape index (κ2) is 11.1. The smallest absolute Gasteiger partial charge is 0.241 e. The average molecular weight is 470 g/mol. The van der Waals surface area contributed by atoms with E-state index in [0.29, 0.717) is 16.0 Å². The largest absolute Gasteiger partial charge is 0.314 e. The molecule has 1 aromatic rings. The van der Waals surface area contributed by atoms with Crippen molar-refractivity contribution in [1.29, 1.82) is 0 Å². The maximum atomic E-state index is 12.2. The van der Waals surface area contributed by atoms with E-state index in [9.17, 15) is 8.42 Å². The summed E-state index contributed by atoms with van der Waals surface area (Å²) in [6.07, 6.45) is 0.789. The molecule has 0 bridgehead atoms. The zero-order valence-corrected chi connectivity index (χ0v) is 17.2. The van der Waals surface area contributed by atoms with Crippen LogP contribution in [0.2, 0.25) is 5.02 Å². The summed E-state index contributed by atoms with van der Waals surface area (Å²) in [7, 11) is -3.53. The van der Waals surface area contributed by atoms with Crippen LogP contribution < -0.4 is 10.0 Å². The Morgan fingerprint density at radius 3 is 2.57 bits per heavy atom. The summed E-state index contributed by atoms with van der Waals surface area (Å²) in [5, 5.41) is 3.68. The van der Waals surface area contributed by atoms with Crippen LogP contribution in [0.25, 0.3) is 0 Å². The van der Waals surface area contributed by atoms with Gasteiger partial charge in [0.1, 0.15) is 0 Å². The van der Waals surface area contributed by atoms with Gasteiger partial charge in [0.25, 0.3) is 0 Å². The lowest BCUT2D eigenvalue weighted by Crippen LogP contribution is -2.44. The number of halogens is 4. The molecule has 0 amide bonds. The molecule has 0 radical (unpaired) electrons. The van der Waals surface area contributed by atoms with Crippen molar-refractivity contribution in [2.24, 2.45) is 0 Å². The van der Waals surface area contributed by atoms with E-state index in [0.717, 1.165) is 39.1 Å². The van der Waals surface area contributed by atoms with Crippen LogP contribution in [0.4, 0.5) is 0 Å². The molecule has 0 aliphatic carbocycles. The number of hydrogen-bond donors (Lipinski definition) is 2. The standard InChI is InChI=1S/C13H19BrClN3O2S.2ClH/c14-13-11(15)3-1-4-12(13)21(19,20)17-5-2-8-18-9-6-16-7-10-18;;/h1,3-4,16-17H,2,5-10H2;2*1H. The van der Waals surface area contributed by atoms with Gasteiger partial charge in [0.2, 0.25) is 10.0 Å². The molecule has 1 fully saturated rings. The minimum Gasteiger partial charge on any atom is -0.314 e. The Kier molecular flexibility index (Phi) is 11.3. The van der Waals surface area contributed by atoms with Crippen molar-refractivity contribution in [3.63, 3.8) is 0 Å². The van der Waals surface area contributed by atoms with Crippen molar-refractivity contribution in [1.82, 2.24) is 14.9 Å². The zero-order valence-electron chi connectivity index (χ0n) is 12.4. The molecular weight excluding hydrogens is 448 g/mol. The van der Waals surface area contributed by atoms with Crippen molar-refractivity contribution >= 4 is 62.4 Å². The molecule has 1 heterocycles. The molecule has 5 nitrogen and oxygen atoms in total. The van der Waals surface area contributed by atoms with Crippen LogP contribution in [0.5, 0.6) is 0 Å². The van der Waals surface area contributed by atoms with Crippen LogP contribution in [0, 0.1) is 0 Å². The van der Waals surface area contributed by atoms with Gasteiger partial charge in [0, 0.05) is 32.7 Å². The fourth-order valence-electron chi connectivity index (χ4n) is 2.21. The summed E-state index contributed by atoms with van der Waals surface area (Å²) >= 11 is 9.15. The number of rotatable bonds is 6. The highest BCUT2D eigenvalue weighted by Gasteiger charge is 2.18. The van der Waals surface area contributed by atoms with Crippen LogP contribution in [0.3, 0.4) is 0 Å². The van der Waals surface area contributed by atoms with E-state index in [1.165, 1.54) is 6.07 Å². The molecule has 0 aromatic heterocycles. The number of sulfonamides is 1. The summed E-state index contributed by atoms with van der Waals surface area (Å²) in [5.41, 5.74) is 0. The normalized spacial score (nSPS) is 15.6. The Labute approximate surface area is 163 Å². The van der Waals surface area contributed by atoms with E-state index < -0.39 is 10.0 Å². The molecule has 1 aliphatic rings. The number of nitrogens with one attached hydrogen (secondary N) is 2. The van der Waals surface area contributed by atoms with Crippen LogP contribution in [0.1, 0.15) is 6.42 Å². The van der Waals surface area contributed by atoms with Gasteiger partial charge in [-0.05, 0) is 41.0 Å². The molecule has 0 atom stereocenters. The molecule has 0 saturated carbocycles. The van der Waals surface area contributed by atoms with E-state index in [4.69, 9.17) is 11.6 Å². The Bertz CT molecular complexity index is 584. The Balaban J connectivity index is 0.00000242. The molecule has 1 saturated heterocycles. The molecular formula is C13H21BrCl3N3O2S. The first-order valence-electron chi connectivity index (χ1n) is 6.87. The van der Waals surface area contributed by atoms with Gasteiger partial charge in [0.05, 0.1) is 14.4 Å². The van der Waals surface area contributed by atoms with Gasteiger partial charge in [-0.15, -0.1) is 24.8 Å². The number of hydrogen-bond acceptors (Lipinski definition) is 4. The van der Waals surface area contributed by atoms with Gasteiger partial charge in [-0.25, -0.2) is 13.1 Å². The predicted octanol–water partition coefficient (Wildman–Crippen LogP) is 2.52. The summed E-state index contributed by atoms with van der Waals surface area (Å²) in [5.74, 6) is 0. The summed E-state index contributed by atoms with van der Waals surface area (Å²) in [6, 6.07) is 4.81. The first-order valence-corrected chi connectivity index (χ1v) is 9.53. The Hall–Kier alpha value is 0.400. The summed E-state index contributed by atoms with van der Waals surface area (Å²) in [6.45, 7) is 5.37. The van der Waals surface area contributed by atoms with Gasteiger partial charge in [-0.1, -0.05) is 17.7 Å². The maximum Gasteiger partial charge on any atom is 0.241 e. The second-order valence-corrected chi connectivity index (χ2v) is 7.83. The van der Waals surface area contributed by atoms with Gasteiger partial charge in [0.15, 0.2) is 0 Å². The van der Waals surface area contributed by atoms with Crippen LogP contribution >= 0.6 is 52.3 Å². The van der Waals surface area contributed by atoms with E-state index in [1.54, 1.807) is 12.1 Å². The third kappa shape index (κ3) is 7.04. The molecule has 2 N–H and O–H groups in total. The molecule has 1 aliphatic heterocycles. The van der Waals surface area contributed by atoms with Crippen molar-refractivity contribution in [3.8, 4) is 0 Å². The fourth-order valence-corrected chi connectivity index (χ4v) is 4.52. The van der Waals surface area contributed by atoms with Crippen molar-refractivity contribution < 1.29 is 8.42 Å². The summed E-state index contributed by atoms with van der Waals surface area (Å²) in [4.78, 5) is 2.51. The minimum absolute atomic E-state index is 0. The molecule has 23 heavy (non-hydrogen) atoms. The third-order valence-corrected chi connectivity index (χ3v) is 6.52. The van der Waals surface area contributed by atoms with E-state index >= 15 is 0 Å². The van der Waals surface area contributed by atoms with E-state index in [-0.39, 0.29) is 29.7 Å². The Morgan fingerprint density at radius 2 is 1.91 bits per heavy atom. The molecule has 1 aromatic carbocycles. The minimum atomic E-state index is -3.53. The Morgan fingerprint density at radius 1 is 1.26 bits per heavy atom. The number of benzene rings is 1. The molecule has 10 heteroatoms. The van der Waals surface area contributed by atoms with Crippen LogP contribution in [-0.4, -0.2) is 52.6 Å². The van der Waals surface area contributed by atoms with E-state index in [2.05, 4.69) is 30.9 Å². The van der Waals surface area contributed by atoms with Crippen molar-refractivity contribution in [2.45, 2.75) is 11.3 Å². The van der Waals surface area contributed by atoms with Gasteiger partial charge < -0.3 is 10.2 Å². The monoisotopic (exact) mass is 467 g/mol. The van der Waals surface area contributed by atoms with E-state index in [1.807, 2.05) is 0 Å². The zero-order chi connectivity index (χ0) is 15.3. The molecule has 2 rings (SSSR count). The lowest BCUT2D eigenvalue weighted by Gasteiger charge is -2.27. The number of piperazine rings is 1. The quantitative estimate of drug-likeness (QED) is 0.629. The molecule has 0 unspecified atom stereocenters. The first kappa shape index (κ1) is 23.4. The van der Waals surface area contributed by atoms with Crippen LogP contribution in [-0.2, 0) is 10.0 Å². The second-order valence-electron chi connectivity index (χ2n) is 4.89. The van der Waals surface area contributed by atoms with Gasteiger partial charge >= 0.3 is 0 Å².